The van der Waals surface area contributed by atoms with Crippen LogP contribution in [0.5, 0.6) is 5.75 Å². The van der Waals surface area contributed by atoms with Crippen molar-refractivity contribution in [1.82, 2.24) is 4.98 Å². The summed E-state index contributed by atoms with van der Waals surface area (Å²) < 4.78 is 5.28. The molecule has 100 valence electrons. The Hall–Kier alpha value is -2.89. The van der Waals surface area contributed by atoms with E-state index in [1.54, 1.807) is 12.1 Å². The van der Waals surface area contributed by atoms with Crippen LogP contribution in [0, 0.1) is 0 Å². The number of fused-ring (bicyclic) bond motifs is 2. The maximum atomic E-state index is 10.9. The van der Waals surface area contributed by atoms with Crippen LogP contribution in [0.15, 0.2) is 36.1 Å². The maximum Gasteiger partial charge on any atom is 0.371 e. The van der Waals surface area contributed by atoms with E-state index < -0.39 is 11.9 Å². The van der Waals surface area contributed by atoms with E-state index in [2.05, 4.69) is 4.98 Å². The number of nitrogens with zero attached hydrogens (tertiary/aromatic N) is 1. The van der Waals surface area contributed by atoms with Gasteiger partial charge in [0.25, 0.3) is 0 Å². The van der Waals surface area contributed by atoms with Crippen LogP contribution in [0.2, 0.25) is 0 Å². The third kappa shape index (κ3) is 1.97. The van der Waals surface area contributed by atoms with Crippen molar-refractivity contribution in [3.05, 3.63) is 47.4 Å². The average Bonchev–Trinajstić information content (AvgIpc) is 2.43. The molecule has 0 aliphatic carbocycles. The van der Waals surface area contributed by atoms with Crippen molar-refractivity contribution in [2.75, 3.05) is 0 Å². The number of hydrogen-bond acceptors (Lipinski definition) is 4. The molecule has 0 fully saturated rings. The number of carboxylic acids is 2. The number of aromatic carboxylic acids is 1. The van der Waals surface area contributed by atoms with Gasteiger partial charge in [0.1, 0.15) is 11.4 Å². The lowest BCUT2D eigenvalue weighted by atomic mass is 10.0. The normalized spacial score (nSPS) is 13.3. The van der Waals surface area contributed by atoms with Crippen LogP contribution in [0.1, 0.15) is 16.1 Å². The fourth-order valence-electron chi connectivity index (χ4n) is 2.07. The summed E-state index contributed by atoms with van der Waals surface area (Å²) in [6.07, 6.45) is 1.95. The molecular weight excluding hydrogens is 262 g/mol. The van der Waals surface area contributed by atoms with Crippen LogP contribution in [-0.4, -0.2) is 27.1 Å². The molecule has 2 aromatic rings. The molecule has 1 aliphatic heterocycles. The van der Waals surface area contributed by atoms with E-state index in [9.17, 15) is 9.59 Å². The molecule has 3 rings (SSSR count). The molecule has 1 aliphatic rings. The number of ether oxygens (including phenoxy) is 1. The van der Waals surface area contributed by atoms with Gasteiger partial charge in [-0.1, -0.05) is 6.07 Å². The van der Waals surface area contributed by atoms with Crippen LogP contribution in [0.4, 0.5) is 0 Å². The Labute approximate surface area is 112 Å². The van der Waals surface area contributed by atoms with Gasteiger partial charge in [-0.25, -0.2) is 14.6 Å². The minimum atomic E-state index is -1.14. The smallest absolute Gasteiger partial charge is 0.371 e. The summed E-state index contributed by atoms with van der Waals surface area (Å²) in [5, 5.41) is 18.6. The van der Waals surface area contributed by atoms with E-state index in [-0.39, 0.29) is 11.5 Å². The van der Waals surface area contributed by atoms with Gasteiger partial charge in [-0.15, -0.1) is 0 Å². The van der Waals surface area contributed by atoms with E-state index in [0.717, 1.165) is 10.9 Å². The SMILES string of the molecule is O=C(O)C1=CCc2cc3ccc(C(=O)O)nc3cc2O1. The molecule has 2 heterocycles. The predicted molar refractivity (Wildman–Crippen MR) is 68.8 cm³/mol. The first kappa shape index (κ1) is 12.2. The van der Waals surface area contributed by atoms with E-state index in [1.807, 2.05) is 6.07 Å². The Kier molecular flexibility index (Phi) is 2.64. The molecular formula is C14H9NO5. The fourth-order valence-corrected chi connectivity index (χ4v) is 2.07. The number of rotatable bonds is 2. The molecule has 0 saturated heterocycles. The maximum absolute atomic E-state index is 10.9. The number of hydrogen-bond donors (Lipinski definition) is 2. The number of benzene rings is 1. The standard InChI is InChI=1S/C14H9NO5/c16-13(17)9-3-1-7-5-8-2-4-11(14(18)19)20-12(8)6-10(7)15-9/h1,3-6H,2H2,(H,16,17)(H,18,19). The molecule has 20 heavy (non-hydrogen) atoms. The molecule has 1 aromatic heterocycles. The van der Waals surface area contributed by atoms with Gasteiger partial charge in [0.2, 0.25) is 5.76 Å². The molecule has 0 amide bonds. The summed E-state index contributed by atoms with van der Waals surface area (Å²) in [6, 6.07) is 6.48. The summed E-state index contributed by atoms with van der Waals surface area (Å²) >= 11 is 0. The van der Waals surface area contributed by atoms with Gasteiger partial charge in [-0.3, -0.25) is 0 Å². The first-order valence-electron chi connectivity index (χ1n) is 5.83. The Morgan fingerprint density at radius 3 is 2.65 bits per heavy atom. The van der Waals surface area contributed by atoms with E-state index in [4.69, 9.17) is 14.9 Å². The fraction of sp³-hybridized carbons (Fsp3) is 0.0714. The Bertz CT molecular complexity index is 778. The molecule has 0 unspecified atom stereocenters. The van der Waals surface area contributed by atoms with Crippen molar-refractivity contribution in [3.8, 4) is 5.75 Å². The second-order valence-electron chi connectivity index (χ2n) is 4.33. The van der Waals surface area contributed by atoms with Crippen LogP contribution in [0.25, 0.3) is 10.9 Å². The minimum absolute atomic E-state index is 0.0674. The minimum Gasteiger partial charge on any atom is -0.477 e. The summed E-state index contributed by atoms with van der Waals surface area (Å²) in [5.74, 6) is -1.99. The number of allylic oxidation sites excluding steroid dienone is 1. The molecule has 1 aromatic carbocycles. The van der Waals surface area contributed by atoms with E-state index in [0.29, 0.717) is 17.7 Å². The number of aliphatic carboxylic acids is 1. The van der Waals surface area contributed by atoms with Gasteiger partial charge in [-0.2, -0.15) is 0 Å². The number of carbonyl (C=O) groups is 2. The first-order valence-corrected chi connectivity index (χ1v) is 5.83. The molecule has 0 radical (unpaired) electrons. The largest absolute Gasteiger partial charge is 0.477 e. The zero-order valence-electron chi connectivity index (χ0n) is 10.2. The number of pyridine rings is 1. The second kappa shape index (κ2) is 4.34. The highest BCUT2D eigenvalue weighted by molar-refractivity contribution is 5.91. The highest BCUT2D eigenvalue weighted by Gasteiger charge is 2.19. The summed E-state index contributed by atoms with van der Waals surface area (Å²) in [5.41, 5.74) is 1.23. The number of aromatic nitrogens is 1. The zero-order chi connectivity index (χ0) is 14.3. The Morgan fingerprint density at radius 2 is 1.95 bits per heavy atom. The summed E-state index contributed by atoms with van der Waals surface area (Å²) in [6.45, 7) is 0. The highest BCUT2D eigenvalue weighted by atomic mass is 16.5. The van der Waals surface area contributed by atoms with Gasteiger partial charge in [0.15, 0.2) is 0 Å². The van der Waals surface area contributed by atoms with E-state index in [1.165, 1.54) is 12.1 Å². The van der Waals surface area contributed by atoms with Crippen LogP contribution >= 0.6 is 0 Å². The summed E-state index contributed by atoms with van der Waals surface area (Å²) in [4.78, 5) is 25.8. The van der Waals surface area contributed by atoms with Crippen molar-refractivity contribution in [1.29, 1.82) is 0 Å². The Morgan fingerprint density at radius 1 is 1.15 bits per heavy atom. The van der Waals surface area contributed by atoms with Crippen LogP contribution < -0.4 is 4.74 Å². The molecule has 6 nitrogen and oxygen atoms in total. The lowest BCUT2D eigenvalue weighted by Crippen LogP contribution is -2.13. The molecule has 2 N–H and O–H groups in total. The third-order valence-electron chi connectivity index (χ3n) is 3.03. The van der Waals surface area contributed by atoms with Gasteiger partial charge in [0, 0.05) is 11.5 Å². The lowest BCUT2D eigenvalue weighted by Gasteiger charge is -2.16. The van der Waals surface area contributed by atoms with Crippen molar-refractivity contribution in [3.63, 3.8) is 0 Å². The Balaban J connectivity index is 2.11. The molecule has 0 bridgehead atoms. The van der Waals surface area contributed by atoms with Crippen molar-refractivity contribution in [2.24, 2.45) is 0 Å². The monoisotopic (exact) mass is 271 g/mol. The molecule has 0 saturated carbocycles. The van der Waals surface area contributed by atoms with Crippen molar-refractivity contribution in [2.45, 2.75) is 6.42 Å². The van der Waals surface area contributed by atoms with Crippen molar-refractivity contribution >= 4 is 22.8 Å². The van der Waals surface area contributed by atoms with Gasteiger partial charge in [-0.05, 0) is 30.2 Å². The van der Waals surface area contributed by atoms with Crippen molar-refractivity contribution < 1.29 is 24.5 Å². The quantitative estimate of drug-likeness (QED) is 0.865. The topological polar surface area (TPSA) is 96.7 Å². The predicted octanol–water partition coefficient (Wildman–Crippen LogP) is 1.84. The molecule has 6 heteroatoms. The first-order chi connectivity index (χ1) is 9.54. The van der Waals surface area contributed by atoms with Gasteiger partial charge in [0.05, 0.1) is 5.52 Å². The van der Waals surface area contributed by atoms with Gasteiger partial charge >= 0.3 is 11.9 Å². The lowest BCUT2D eigenvalue weighted by molar-refractivity contribution is -0.135. The highest BCUT2D eigenvalue weighted by Crippen LogP contribution is 2.30. The van der Waals surface area contributed by atoms with E-state index >= 15 is 0 Å². The molecule has 0 spiro atoms. The third-order valence-corrected chi connectivity index (χ3v) is 3.03. The number of carboxylic acid groups (broad SMARTS) is 2. The van der Waals surface area contributed by atoms with Gasteiger partial charge < -0.3 is 14.9 Å². The second-order valence-corrected chi connectivity index (χ2v) is 4.33. The van der Waals surface area contributed by atoms with Crippen LogP contribution in [-0.2, 0) is 11.2 Å². The van der Waals surface area contributed by atoms with Crippen LogP contribution in [0.3, 0.4) is 0 Å². The average molecular weight is 271 g/mol. The summed E-state index contributed by atoms with van der Waals surface area (Å²) in [7, 11) is 0. The zero-order valence-corrected chi connectivity index (χ0v) is 10.2. The molecule has 0 atom stereocenters.